The van der Waals surface area contributed by atoms with Gasteiger partial charge in [-0.2, -0.15) is 0 Å². The molecule has 0 radical (unpaired) electrons. The minimum Gasteiger partial charge on any atom is -0.481 e. The van der Waals surface area contributed by atoms with Crippen LogP contribution in [0, 0.1) is 0 Å². The lowest BCUT2D eigenvalue weighted by Crippen LogP contribution is -2.35. The first-order valence-corrected chi connectivity index (χ1v) is 13.2. The summed E-state index contributed by atoms with van der Waals surface area (Å²) in [5, 5.41) is 8.87. The van der Waals surface area contributed by atoms with Crippen molar-refractivity contribution >= 4 is 16.0 Å². The van der Waals surface area contributed by atoms with Crippen LogP contribution in [0.15, 0.2) is 78.0 Å². The van der Waals surface area contributed by atoms with Crippen LogP contribution in [0.25, 0.3) is 0 Å². The van der Waals surface area contributed by atoms with E-state index in [1.807, 2.05) is 12.3 Å². The zero-order chi connectivity index (χ0) is 24.0. The van der Waals surface area contributed by atoms with E-state index in [2.05, 4.69) is 34.0 Å². The minimum atomic E-state index is -3.55. The standard InChI is InChI=1S/C27H30N2O4S/c30-27(31)12-6-2-5-11-26(22-8-7-15-28-19-22)21-14-13-20-17-24(18-23(20)16-21)29-34(32,33)25-9-3-1-4-10-25/h1,3-4,7-10,13-16,19,24,26,29H,2,5-6,11-12,17-18H2,(H,30,31). The Morgan fingerprint density at radius 3 is 2.50 bits per heavy atom. The summed E-state index contributed by atoms with van der Waals surface area (Å²) in [5.41, 5.74) is 4.69. The van der Waals surface area contributed by atoms with Gasteiger partial charge < -0.3 is 5.11 Å². The molecule has 3 aromatic rings. The van der Waals surface area contributed by atoms with Crippen molar-refractivity contribution in [2.24, 2.45) is 0 Å². The van der Waals surface area contributed by atoms with Gasteiger partial charge in [-0.3, -0.25) is 9.78 Å². The number of hydrogen-bond acceptors (Lipinski definition) is 4. The third-order valence-corrected chi connectivity index (χ3v) is 7.95. The predicted octanol–water partition coefficient (Wildman–Crippen LogP) is 4.69. The topological polar surface area (TPSA) is 96.4 Å². The number of fused-ring (bicyclic) bond motifs is 1. The monoisotopic (exact) mass is 478 g/mol. The van der Waals surface area contributed by atoms with Gasteiger partial charge in [0.2, 0.25) is 10.0 Å². The van der Waals surface area contributed by atoms with E-state index in [4.69, 9.17) is 5.11 Å². The van der Waals surface area contributed by atoms with E-state index in [1.165, 1.54) is 16.7 Å². The van der Waals surface area contributed by atoms with Gasteiger partial charge in [0.1, 0.15) is 0 Å². The number of carbonyl (C=O) groups is 1. The summed E-state index contributed by atoms with van der Waals surface area (Å²) in [6.07, 6.45) is 8.60. The fraction of sp³-hybridized carbons (Fsp3) is 0.333. The molecule has 1 aromatic heterocycles. The molecule has 0 aliphatic heterocycles. The molecule has 0 saturated carbocycles. The number of hydrogen-bond donors (Lipinski definition) is 2. The average Bonchev–Trinajstić information content (AvgIpc) is 3.23. The Labute approximate surface area is 201 Å². The van der Waals surface area contributed by atoms with E-state index < -0.39 is 16.0 Å². The van der Waals surface area contributed by atoms with Crippen LogP contribution in [-0.2, 0) is 27.7 Å². The first kappa shape index (κ1) is 24.1. The molecular weight excluding hydrogens is 448 g/mol. The molecule has 2 atom stereocenters. The van der Waals surface area contributed by atoms with Gasteiger partial charge in [0, 0.05) is 30.8 Å². The van der Waals surface area contributed by atoms with Gasteiger partial charge in [-0.1, -0.05) is 55.3 Å². The van der Waals surface area contributed by atoms with E-state index in [-0.39, 0.29) is 23.3 Å². The summed E-state index contributed by atoms with van der Waals surface area (Å²) in [6.45, 7) is 0. The maximum absolute atomic E-state index is 12.8. The summed E-state index contributed by atoms with van der Waals surface area (Å²) in [7, 11) is -3.55. The highest BCUT2D eigenvalue weighted by molar-refractivity contribution is 7.89. The Bertz CT molecular complexity index is 1210. The highest BCUT2D eigenvalue weighted by Gasteiger charge is 2.27. The summed E-state index contributed by atoms with van der Waals surface area (Å²) in [5.74, 6) is -0.580. The molecule has 0 spiro atoms. The molecule has 2 N–H and O–H groups in total. The van der Waals surface area contributed by atoms with Gasteiger partial charge in [0.05, 0.1) is 4.90 Å². The van der Waals surface area contributed by atoms with Crippen LogP contribution in [0.1, 0.15) is 60.3 Å². The molecule has 2 aromatic carbocycles. The van der Waals surface area contributed by atoms with Crippen molar-refractivity contribution < 1.29 is 18.3 Å². The first-order chi connectivity index (χ1) is 16.4. The fourth-order valence-corrected chi connectivity index (χ4v) is 5.99. The van der Waals surface area contributed by atoms with Crippen molar-refractivity contribution in [1.29, 1.82) is 0 Å². The van der Waals surface area contributed by atoms with Crippen molar-refractivity contribution in [2.45, 2.75) is 61.8 Å². The normalized spacial score (nSPS) is 16.2. The molecule has 2 unspecified atom stereocenters. The van der Waals surface area contributed by atoms with Gasteiger partial charge in [0.15, 0.2) is 0 Å². The molecule has 6 nitrogen and oxygen atoms in total. The number of nitrogens with one attached hydrogen (secondary N) is 1. The van der Waals surface area contributed by atoms with E-state index in [0.717, 1.165) is 24.8 Å². The molecule has 7 heteroatoms. The van der Waals surface area contributed by atoms with E-state index in [1.54, 1.807) is 36.5 Å². The van der Waals surface area contributed by atoms with E-state index in [9.17, 15) is 13.2 Å². The lowest BCUT2D eigenvalue weighted by molar-refractivity contribution is -0.137. The number of aromatic nitrogens is 1. The summed E-state index contributed by atoms with van der Waals surface area (Å²) in [4.78, 5) is 15.4. The Morgan fingerprint density at radius 1 is 0.971 bits per heavy atom. The minimum absolute atomic E-state index is 0.164. The SMILES string of the molecule is O=C(O)CCCCCC(c1cccnc1)c1ccc2c(c1)CC(NS(=O)(=O)c1ccccc1)C2. The third-order valence-electron chi connectivity index (χ3n) is 6.41. The Kier molecular flexibility index (Phi) is 7.75. The van der Waals surface area contributed by atoms with Crippen LogP contribution in [-0.4, -0.2) is 30.5 Å². The average molecular weight is 479 g/mol. The number of pyridine rings is 1. The Hall–Kier alpha value is -3.03. The summed E-state index contributed by atoms with van der Waals surface area (Å²) < 4.78 is 28.4. The Balaban J connectivity index is 1.47. The van der Waals surface area contributed by atoms with Gasteiger partial charge in [-0.05, 0) is 66.1 Å². The Morgan fingerprint density at radius 2 is 1.76 bits per heavy atom. The molecule has 34 heavy (non-hydrogen) atoms. The van der Waals surface area contributed by atoms with Crippen LogP contribution < -0.4 is 4.72 Å². The molecule has 0 fully saturated rings. The van der Waals surface area contributed by atoms with Gasteiger partial charge in [-0.25, -0.2) is 13.1 Å². The number of nitrogens with zero attached hydrogens (tertiary/aromatic N) is 1. The molecule has 1 aliphatic carbocycles. The number of benzene rings is 2. The molecule has 1 aliphatic rings. The van der Waals surface area contributed by atoms with Crippen LogP contribution in [0.5, 0.6) is 0 Å². The number of rotatable bonds is 11. The molecule has 1 heterocycles. The third kappa shape index (κ3) is 6.10. The summed E-state index contributed by atoms with van der Waals surface area (Å²) >= 11 is 0. The lowest BCUT2D eigenvalue weighted by atomic mass is 9.86. The van der Waals surface area contributed by atoms with Crippen molar-refractivity contribution in [3.8, 4) is 0 Å². The quantitative estimate of drug-likeness (QED) is 0.390. The number of unbranched alkanes of at least 4 members (excludes halogenated alkanes) is 2. The van der Waals surface area contributed by atoms with Crippen LogP contribution in [0.4, 0.5) is 0 Å². The van der Waals surface area contributed by atoms with E-state index in [0.29, 0.717) is 19.3 Å². The summed E-state index contributed by atoms with van der Waals surface area (Å²) in [6, 6.07) is 18.8. The smallest absolute Gasteiger partial charge is 0.303 e. The lowest BCUT2D eigenvalue weighted by Gasteiger charge is -2.19. The van der Waals surface area contributed by atoms with Crippen molar-refractivity contribution in [2.75, 3.05) is 0 Å². The molecule has 4 rings (SSSR count). The molecule has 0 saturated heterocycles. The largest absolute Gasteiger partial charge is 0.481 e. The number of carboxylic acids is 1. The maximum atomic E-state index is 12.8. The fourth-order valence-electron chi connectivity index (χ4n) is 4.73. The highest BCUT2D eigenvalue weighted by atomic mass is 32.2. The first-order valence-electron chi connectivity index (χ1n) is 11.7. The molecule has 0 bridgehead atoms. The highest BCUT2D eigenvalue weighted by Crippen LogP contribution is 2.33. The zero-order valence-electron chi connectivity index (χ0n) is 19.1. The number of sulfonamides is 1. The molecule has 0 amide bonds. The second kappa shape index (κ2) is 10.9. The van der Waals surface area contributed by atoms with Crippen molar-refractivity contribution in [3.63, 3.8) is 0 Å². The predicted molar refractivity (Wildman–Crippen MR) is 131 cm³/mol. The van der Waals surface area contributed by atoms with E-state index >= 15 is 0 Å². The van der Waals surface area contributed by atoms with Crippen LogP contribution in [0.2, 0.25) is 0 Å². The number of aliphatic carboxylic acids is 1. The van der Waals surface area contributed by atoms with Crippen molar-refractivity contribution in [3.05, 3.63) is 95.3 Å². The van der Waals surface area contributed by atoms with Gasteiger partial charge in [0.25, 0.3) is 0 Å². The second-order valence-corrected chi connectivity index (χ2v) is 10.6. The van der Waals surface area contributed by atoms with Crippen molar-refractivity contribution in [1.82, 2.24) is 9.71 Å². The molecular formula is C27H30N2O4S. The zero-order valence-corrected chi connectivity index (χ0v) is 19.9. The van der Waals surface area contributed by atoms with Gasteiger partial charge >= 0.3 is 5.97 Å². The van der Waals surface area contributed by atoms with Crippen LogP contribution in [0.3, 0.4) is 0 Å². The number of carboxylic acid groups (broad SMARTS) is 1. The second-order valence-electron chi connectivity index (χ2n) is 8.90. The van der Waals surface area contributed by atoms with Gasteiger partial charge in [-0.15, -0.1) is 0 Å². The van der Waals surface area contributed by atoms with Crippen LogP contribution >= 0.6 is 0 Å². The molecule has 178 valence electrons. The maximum Gasteiger partial charge on any atom is 0.303 e.